The Hall–Kier alpha value is -8.08. The highest BCUT2D eigenvalue weighted by molar-refractivity contribution is 5.78. The molecule has 2 aliphatic heterocycles. The van der Waals surface area contributed by atoms with E-state index in [1.165, 1.54) is 23.8 Å². The van der Waals surface area contributed by atoms with Crippen LogP contribution in [0.1, 0.15) is 43.0 Å². The molecule has 8 aromatic heterocycles. The van der Waals surface area contributed by atoms with E-state index in [4.69, 9.17) is 18.9 Å². The number of nitrogens with one attached hydrogen (secondary N) is 3. The number of hydrogen-bond donors (Lipinski definition) is 3. The van der Waals surface area contributed by atoms with Gasteiger partial charge in [-0.1, -0.05) is 0 Å². The molecule has 0 aliphatic carbocycles. The number of morpholine rings is 2. The van der Waals surface area contributed by atoms with E-state index in [0.29, 0.717) is 11.5 Å². The molecular weight excluding hydrogens is 951 g/mol. The molecular formula is C54H64N17O4+. The smallest absolute Gasteiger partial charge is 0.158 e. The van der Waals surface area contributed by atoms with Gasteiger partial charge in [0.15, 0.2) is 22.9 Å². The number of hydrogen-bond acceptors (Lipinski definition) is 16. The SMILES string of the molecule is C1COCCN1.CC[N+](CC)(CC)Cc1ccn2ncnc(Nc3ccc(Oc4ccn5ncnc5c4)c(C)c3)c12.Cc1cc(Nc2ncnn3ccc(CN4CCOCC4)c23)ccc1Oc1ccn2ncnc2c1. The zero-order valence-electron chi connectivity index (χ0n) is 43.1. The Morgan fingerprint density at radius 1 is 0.547 bits per heavy atom. The van der Waals surface area contributed by atoms with Crippen molar-refractivity contribution in [2.75, 3.05) is 82.9 Å². The van der Waals surface area contributed by atoms with Crippen LogP contribution in [0.5, 0.6) is 23.0 Å². The van der Waals surface area contributed by atoms with Crippen LogP contribution in [-0.4, -0.2) is 140 Å². The van der Waals surface area contributed by atoms with Gasteiger partial charge in [0, 0.05) is 86.6 Å². The number of ether oxygens (including phenoxy) is 4. The summed E-state index contributed by atoms with van der Waals surface area (Å²) >= 11 is 0. The summed E-state index contributed by atoms with van der Waals surface area (Å²) in [6.07, 6.45) is 13.9. The van der Waals surface area contributed by atoms with Crippen molar-refractivity contribution in [3.63, 3.8) is 0 Å². The van der Waals surface area contributed by atoms with Crippen LogP contribution >= 0.6 is 0 Å². The van der Waals surface area contributed by atoms with Gasteiger partial charge in [-0.05, 0) is 112 Å². The molecule has 388 valence electrons. The minimum atomic E-state index is 0.711. The highest BCUT2D eigenvalue weighted by Gasteiger charge is 2.25. The van der Waals surface area contributed by atoms with Gasteiger partial charge >= 0.3 is 0 Å². The Morgan fingerprint density at radius 2 is 1.01 bits per heavy atom. The zero-order chi connectivity index (χ0) is 51.6. The van der Waals surface area contributed by atoms with E-state index in [1.807, 2.05) is 102 Å². The van der Waals surface area contributed by atoms with E-state index in [-0.39, 0.29) is 0 Å². The van der Waals surface area contributed by atoms with Crippen LogP contribution in [-0.2, 0) is 22.6 Å². The first kappa shape index (κ1) is 50.5. The molecule has 10 heterocycles. The highest BCUT2D eigenvalue weighted by Crippen LogP contribution is 2.33. The van der Waals surface area contributed by atoms with E-state index < -0.39 is 0 Å². The first-order valence-corrected chi connectivity index (χ1v) is 25.5. The number of pyridine rings is 2. The Balaban J connectivity index is 0.000000154. The van der Waals surface area contributed by atoms with Gasteiger partial charge in [-0.2, -0.15) is 20.4 Å². The zero-order valence-corrected chi connectivity index (χ0v) is 43.1. The average molecular weight is 1020 g/mol. The Labute approximate surface area is 434 Å². The van der Waals surface area contributed by atoms with Crippen LogP contribution in [0.25, 0.3) is 22.3 Å². The van der Waals surface area contributed by atoms with E-state index in [0.717, 1.165) is 158 Å². The molecule has 0 amide bonds. The third kappa shape index (κ3) is 12.0. The minimum Gasteiger partial charge on any atom is -0.457 e. The minimum absolute atomic E-state index is 0.711. The summed E-state index contributed by atoms with van der Waals surface area (Å²) in [4.78, 5) is 19.9. The molecule has 75 heavy (non-hydrogen) atoms. The van der Waals surface area contributed by atoms with Crippen molar-refractivity contribution in [3.8, 4) is 23.0 Å². The van der Waals surface area contributed by atoms with E-state index in [9.17, 15) is 0 Å². The molecule has 0 unspecified atom stereocenters. The lowest BCUT2D eigenvalue weighted by Gasteiger charge is -2.35. The van der Waals surface area contributed by atoms with Crippen LogP contribution in [0, 0.1) is 13.8 Å². The molecule has 21 nitrogen and oxygen atoms in total. The third-order valence-corrected chi connectivity index (χ3v) is 13.8. The van der Waals surface area contributed by atoms with Gasteiger partial charge in [0.2, 0.25) is 0 Å². The molecule has 0 atom stereocenters. The maximum absolute atomic E-state index is 6.12. The first-order chi connectivity index (χ1) is 36.8. The van der Waals surface area contributed by atoms with Crippen LogP contribution in [0.4, 0.5) is 23.0 Å². The molecule has 21 heteroatoms. The van der Waals surface area contributed by atoms with Gasteiger partial charge < -0.3 is 39.4 Å². The second-order valence-electron chi connectivity index (χ2n) is 18.5. The first-order valence-electron chi connectivity index (χ1n) is 25.5. The van der Waals surface area contributed by atoms with Crippen LogP contribution in [0.2, 0.25) is 0 Å². The summed E-state index contributed by atoms with van der Waals surface area (Å²) in [5.74, 6) is 4.56. The van der Waals surface area contributed by atoms with Gasteiger partial charge in [0.25, 0.3) is 0 Å². The van der Waals surface area contributed by atoms with Gasteiger partial charge in [0.1, 0.15) is 65.9 Å². The summed E-state index contributed by atoms with van der Waals surface area (Å²) in [5, 5.41) is 27.2. The Kier molecular flexibility index (Phi) is 15.8. The van der Waals surface area contributed by atoms with Crippen molar-refractivity contribution in [3.05, 3.63) is 145 Å². The van der Waals surface area contributed by atoms with Crippen molar-refractivity contribution in [2.45, 2.75) is 47.7 Å². The predicted octanol–water partition coefficient (Wildman–Crippen LogP) is 8.05. The van der Waals surface area contributed by atoms with Crippen molar-refractivity contribution in [1.29, 1.82) is 0 Å². The topological polar surface area (TPSA) is 197 Å². The fourth-order valence-electron chi connectivity index (χ4n) is 9.29. The third-order valence-electron chi connectivity index (χ3n) is 13.8. The normalized spacial score (nSPS) is 14.1. The van der Waals surface area contributed by atoms with Crippen molar-refractivity contribution < 1.29 is 23.4 Å². The number of rotatable bonds is 15. The Morgan fingerprint density at radius 3 is 1.49 bits per heavy atom. The lowest BCUT2D eigenvalue weighted by Crippen LogP contribution is -2.46. The molecule has 0 radical (unpaired) electrons. The highest BCUT2D eigenvalue weighted by atomic mass is 16.5. The monoisotopic (exact) mass is 1010 g/mol. The number of anilines is 4. The lowest BCUT2D eigenvalue weighted by molar-refractivity contribution is -0.936. The van der Waals surface area contributed by atoms with Crippen LogP contribution < -0.4 is 25.4 Å². The number of benzene rings is 2. The summed E-state index contributed by atoms with van der Waals surface area (Å²) in [7, 11) is 0. The quantitative estimate of drug-likeness (QED) is 0.0834. The maximum atomic E-state index is 6.12. The molecule has 0 bridgehead atoms. The molecule has 2 aromatic carbocycles. The molecule has 2 saturated heterocycles. The van der Waals surface area contributed by atoms with E-state index in [2.05, 4.69) is 100 Å². The molecule has 12 rings (SSSR count). The molecule has 0 spiro atoms. The molecule has 10 aromatic rings. The van der Waals surface area contributed by atoms with Gasteiger partial charge in [-0.15, -0.1) is 0 Å². The van der Waals surface area contributed by atoms with Crippen molar-refractivity contribution >= 4 is 45.3 Å². The summed E-state index contributed by atoms with van der Waals surface area (Å²) < 4.78 is 30.9. The largest absolute Gasteiger partial charge is 0.457 e. The van der Waals surface area contributed by atoms with Gasteiger partial charge in [-0.3, -0.25) is 4.90 Å². The molecule has 2 aliphatic rings. The Bertz CT molecular complexity index is 3460. The van der Waals surface area contributed by atoms with E-state index >= 15 is 0 Å². The maximum Gasteiger partial charge on any atom is 0.158 e. The standard InChI is InChI=1S/C26H31N8O.C24H24N8O2.C4H9NO/c1-5-34(6-2,7-3)16-20-10-12-33-25(20)26(28-18-30-33)31-21-8-9-23(19(4)14-21)35-22-11-13-32-24(15-22)27-17-29-32;1-17-12-19(2-3-21(17)34-20-5-7-31-22(13-20)25-15-27-31)29-24-23-18(4-6-32(23)28-16-26-24)14-30-8-10-33-11-9-30;1-3-6-4-2-5-1/h8-15,17-18H,5-7,16H2,1-4H3,(H,28,30,31);2-7,12-13,15-16H,8-11,14H2,1H3,(H,26,28,29);5H,1-4H2/q+1;;. The second kappa shape index (κ2) is 23.4. The van der Waals surface area contributed by atoms with Crippen molar-refractivity contribution in [1.82, 2.24) is 68.6 Å². The van der Waals surface area contributed by atoms with Crippen LogP contribution in [0.15, 0.2) is 123 Å². The van der Waals surface area contributed by atoms with Crippen LogP contribution in [0.3, 0.4) is 0 Å². The average Bonchev–Trinajstić information content (AvgIpc) is 4.29. The number of aryl methyl sites for hydroxylation is 2. The number of fused-ring (bicyclic) bond motifs is 4. The predicted molar refractivity (Wildman–Crippen MR) is 286 cm³/mol. The number of quaternary nitrogens is 1. The number of aromatic nitrogens is 12. The fraction of sp³-hybridized carbons (Fsp3) is 0.333. The summed E-state index contributed by atoms with van der Waals surface area (Å²) in [6.45, 7) is 23.1. The van der Waals surface area contributed by atoms with Crippen molar-refractivity contribution in [2.24, 2.45) is 0 Å². The van der Waals surface area contributed by atoms with Gasteiger partial charge in [0.05, 0.1) is 46.1 Å². The number of nitrogens with zero attached hydrogens (tertiary/aromatic N) is 14. The lowest BCUT2D eigenvalue weighted by atomic mass is 10.2. The second-order valence-corrected chi connectivity index (χ2v) is 18.5. The fourth-order valence-corrected chi connectivity index (χ4v) is 9.29. The summed E-state index contributed by atoms with van der Waals surface area (Å²) in [6, 6.07) is 23.8. The van der Waals surface area contributed by atoms with Gasteiger partial charge in [-0.25, -0.2) is 38.0 Å². The van der Waals surface area contributed by atoms with E-state index in [1.54, 1.807) is 21.7 Å². The molecule has 2 fully saturated rings. The molecule has 0 saturated carbocycles. The molecule has 3 N–H and O–H groups in total. The summed E-state index contributed by atoms with van der Waals surface area (Å²) in [5.41, 5.74) is 9.79.